The van der Waals surface area contributed by atoms with Crippen molar-refractivity contribution in [2.24, 2.45) is 5.29 Å². The molecule has 0 spiro atoms. The molecule has 0 fully saturated rings. The van der Waals surface area contributed by atoms with Crippen molar-refractivity contribution in [2.75, 3.05) is 10.3 Å². The largest absolute Gasteiger partial charge is 0.356 e. The Morgan fingerprint density at radius 1 is 0.500 bits per heavy atom. The Hall–Kier alpha value is -3.92. The van der Waals surface area contributed by atoms with Crippen molar-refractivity contribution in [3.63, 3.8) is 0 Å². The molecule has 0 heterocycles. The Bertz CT molecular complexity index is 869. The van der Waals surface area contributed by atoms with Gasteiger partial charge in [0.05, 0.1) is 16.7 Å². The average molecular weight is 367 g/mol. The number of nitrogens with one attached hydrogen (secondary N) is 1. The van der Waals surface area contributed by atoms with Crippen molar-refractivity contribution < 1.29 is 0 Å². The smallest absolute Gasteiger partial charge is 0.0685 e. The SMILES string of the molecule is O=NN(c1ccccc1)c1ccccc1.c1ccc(Nc2ccccc2)cc1. The van der Waals surface area contributed by atoms with Gasteiger partial charge in [0.25, 0.3) is 0 Å². The molecule has 0 saturated carbocycles. The molecule has 4 aromatic rings. The molecule has 0 unspecified atom stereocenters. The lowest BCUT2D eigenvalue weighted by atomic mass is 10.2. The molecule has 0 amide bonds. The van der Waals surface area contributed by atoms with Crippen LogP contribution in [0.2, 0.25) is 0 Å². The van der Waals surface area contributed by atoms with Crippen molar-refractivity contribution in [3.05, 3.63) is 126 Å². The predicted octanol–water partition coefficient (Wildman–Crippen LogP) is 6.94. The molecule has 0 aromatic heterocycles. The first-order valence-corrected chi connectivity index (χ1v) is 8.97. The van der Waals surface area contributed by atoms with Crippen LogP contribution in [0.25, 0.3) is 0 Å². The highest BCUT2D eigenvalue weighted by atomic mass is 16.3. The van der Waals surface area contributed by atoms with E-state index in [2.05, 4.69) is 10.6 Å². The first-order valence-electron chi connectivity index (χ1n) is 8.97. The molecule has 4 rings (SSSR count). The van der Waals surface area contributed by atoms with E-state index in [1.807, 2.05) is 121 Å². The van der Waals surface area contributed by atoms with E-state index < -0.39 is 0 Å². The van der Waals surface area contributed by atoms with E-state index in [9.17, 15) is 4.91 Å². The minimum Gasteiger partial charge on any atom is -0.356 e. The normalized spacial score (nSPS) is 9.57. The molecule has 0 aliphatic carbocycles. The van der Waals surface area contributed by atoms with Crippen LogP contribution in [0.4, 0.5) is 22.7 Å². The Balaban J connectivity index is 0.000000162. The van der Waals surface area contributed by atoms with Gasteiger partial charge in [-0.3, -0.25) is 0 Å². The third kappa shape index (κ3) is 5.54. The van der Waals surface area contributed by atoms with Gasteiger partial charge in [-0.2, -0.15) is 5.01 Å². The van der Waals surface area contributed by atoms with Crippen LogP contribution < -0.4 is 10.3 Å². The molecule has 28 heavy (non-hydrogen) atoms. The zero-order chi connectivity index (χ0) is 19.4. The van der Waals surface area contributed by atoms with Crippen molar-refractivity contribution in [1.82, 2.24) is 0 Å². The van der Waals surface area contributed by atoms with E-state index in [0.717, 1.165) is 22.7 Å². The van der Waals surface area contributed by atoms with Gasteiger partial charge in [0.2, 0.25) is 0 Å². The molecule has 138 valence electrons. The van der Waals surface area contributed by atoms with Crippen molar-refractivity contribution in [2.45, 2.75) is 0 Å². The summed E-state index contributed by atoms with van der Waals surface area (Å²) in [5.74, 6) is 0. The van der Waals surface area contributed by atoms with E-state index in [1.165, 1.54) is 5.01 Å². The summed E-state index contributed by atoms with van der Waals surface area (Å²) in [4.78, 5) is 10.8. The summed E-state index contributed by atoms with van der Waals surface area (Å²) >= 11 is 0. The lowest BCUT2D eigenvalue weighted by Crippen LogP contribution is -2.06. The van der Waals surface area contributed by atoms with Crippen LogP contribution in [0.15, 0.2) is 127 Å². The number of para-hydroxylation sites is 4. The van der Waals surface area contributed by atoms with E-state index in [0.29, 0.717) is 0 Å². The monoisotopic (exact) mass is 367 g/mol. The van der Waals surface area contributed by atoms with Crippen LogP contribution in [0.5, 0.6) is 0 Å². The second-order valence-corrected chi connectivity index (χ2v) is 5.92. The summed E-state index contributed by atoms with van der Waals surface area (Å²) in [6.45, 7) is 0. The van der Waals surface area contributed by atoms with Gasteiger partial charge in [-0.1, -0.05) is 72.8 Å². The fourth-order valence-corrected chi connectivity index (χ4v) is 2.59. The van der Waals surface area contributed by atoms with E-state index >= 15 is 0 Å². The zero-order valence-electron chi connectivity index (χ0n) is 15.3. The molecule has 4 nitrogen and oxygen atoms in total. The summed E-state index contributed by atoms with van der Waals surface area (Å²) < 4.78 is 0. The highest BCUT2D eigenvalue weighted by molar-refractivity contribution is 5.61. The third-order valence-corrected chi connectivity index (χ3v) is 3.92. The van der Waals surface area contributed by atoms with E-state index in [1.54, 1.807) is 0 Å². The number of nitroso groups, excluding NO2 is 1. The van der Waals surface area contributed by atoms with E-state index in [-0.39, 0.29) is 0 Å². The highest BCUT2D eigenvalue weighted by Crippen LogP contribution is 2.24. The van der Waals surface area contributed by atoms with Gasteiger partial charge < -0.3 is 5.32 Å². The zero-order valence-corrected chi connectivity index (χ0v) is 15.3. The van der Waals surface area contributed by atoms with E-state index in [4.69, 9.17) is 0 Å². The van der Waals surface area contributed by atoms with Crippen LogP contribution in [0, 0.1) is 4.91 Å². The Kier molecular flexibility index (Phi) is 6.93. The minimum atomic E-state index is 0.763. The van der Waals surface area contributed by atoms with Gasteiger partial charge in [0, 0.05) is 11.4 Å². The summed E-state index contributed by atoms with van der Waals surface area (Å²) in [6.07, 6.45) is 0. The maximum absolute atomic E-state index is 10.8. The molecule has 0 aliphatic rings. The standard InChI is InChI=1S/C12H10N2O.C12H11N/c15-13-14(11-7-3-1-4-8-11)12-9-5-2-6-10-12;1-3-7-11(8-4-1)13-12-9-5-2-6-10-12/h1-10H;1-10,13H. The third-order valence-electron chi connectivity index (χ3n) is 3.92. The Morgan fingerprint density at radius 3 is 1.14 bits per heavy atom. The summed E-state index contributed by atoms with van der Waals surface area (Å²) in [6, 6.07) is 38.9. The second kappa shape index (κ2) is 10.3. The van der Waals surface area contributed by atoms with Gasteiger partial charge in [0.1, 0.15) is 0 Å². The number of hydrogen-bond donors (Lipinski definition) is 1. The molecular weight excluding hydrogens is 346 g/mol. The summed E-state index contributed by atoms with van der Waals surface area (Å²) in [7, 11) is 0. The summed E-state index contributed by atoms with van der Waals surface area (Å²) in [5.41, 5.74) is 3.76. The lowest BCUT2D eigenvalue weighted by Gasteiger charge is -2.14. The second-order valence-electron chi connectivity index (χ2n) is 5.92. The maximum atomic E-state index is 10.8. The first kappa shape index (κ1) is 18.9. The van der Waals surface area contributed by atoms with Crippen molar-refractivity contribution in [3.8, 4) is 0 Å². The van der Waals surface area contributed by atoms with Gasteiger partial charge in [-0.15, -0.1) is 4.91 Å². The maximum Gasteiger partial charge on any atom is 0.0685 e. The number of benzene rings is 4. The number of nitrogens with zero attached hydrogens (tertiary/aromatic N) is 2. The molecule has 0 aliphatic heterocycles. The predicted molar refractivity (Wildman–Crippen MR) is 117 cm³/mol. The Labute approximate surface area is 165 Å². The van der Waals surface area contributed by atoms with Crippen molar-refractivity contribution >= 4 is 22.7 Å². The van der Waals surface area contributed by atoms with Gasteiger partial charge in [-0.05, 0) is 48.5 Å². The molecular formula is C24H21N3O. The molecule has 0 radical (unpaired) electrons. The minimum absolute atomic E-state index is 0.763. The van der Waals surface area contributed by atoms with Crippen molar-refractivity contribution in [1.29, 1.82) is 0 Å². The van der Waals surface area contributed by atoms with Crippen LogP contribution in [0.3, 0.4) is 0 Å². The molecule has 0 atom stereocenters. The fourth-order valence-electron chi connectivity index (χ4n) is 2.59. The first-order chi connectivity index (χ1) is 13.9. The number of rotatable bonds is 5. The fraction of sp³-hybridized carbons (Fsp3) is 0. The van der Waals surface area contributed by atoms with Crippen LogP contribution in [-0.2, 0) is 0 Å². The quantitative estimate of drug-likeness (QED) is 0.307. The van der Waals surface area contributed by atoms with Gasteiger partial charge in [-0.25, -0.2) is 0 Å². The highest BCUT2D eigenvalue weighted by Gasteiger charge is 2.07. The molecule has 0 bridgehead atoms. The molecule has 4 aromatic carbocycles. The van der Waals surface area contributed by atoms with Gasteiger partial charge in [0.15, 0.2) is 0 Å². The average Bonchev–Trinajstić information content (AvgIpc) is 2.78. The number of hydrogen-bond acceptors (Lipinski definition) is 3. The van der Waals surface area contributed by atoms with Crippen LogP contribution in [0.1, 0.15) is 0 Å². The topological polar surface area (TPSA) is 44.7 Å². The number of anilines is 4. The molecule has 0 saturated heterocycles. The molecule has 1 N–H and O–H groups in total. The molecule has 4 heteroatoms. The summed E-state index contributed by atoms with van der Waals surface area (Å²) in [5, 5.41) is 7.68. The van der Waals surface area contributed by atoms with Crippen LogP contribution in [-0.4, -0.2) is 0 Å². The van der Waals surface area contributed by atoms with Crippen LogP contribution >= 0.6 is 0 Å². The van der Waals surface area contributed by atoms with Gasteiger partial charge >= 0.3 is 0 Å². The lowest BCUT2D eigenvalue weighted by molar-refractivity contribution is 1.07. The Morgan fingerprint density at radius 2 is 0.821 bits per heavy atom.